The zero-order valence-electron chi connectivity index (χ0n) is 16.5. The first-order valence-corrected chi connectivity index (χ1v) is 11.9. The molecule has 2 nitrogen and oxygen atoms in total. The van der Waals surface area contributed by atoms with Crippen LogP contribution in [0.25, 0.3) is 0 Å². The average Bonchev–Trinajstić information content (AvgIpc) is 2.72. The number of hydrogen-bond donors (Lipinski definition) is 0. The van der Waals surface area contributed by atoms with Crippen LogP contribution < -0.4 is 0 Å². The molecule has 3 aromatic carbocycles. The second kappa shape index (κ2) is 9.44. The van der Waals surface area contributed by atoms with E-state index in [1.165, 1.54) is 0 Å². The summed E-state index contributed by atoms with van der Waals surface area (Å²) in [5.74, 6) is -0.0644. The average molecular weight is 411 g/mol. The first kappa shape index (κ1) is 20.7. The smallest absolute Gasteiger partial charge is 0.126 e. The molecular weight excluding hydrogens is 384 g/mol. The van der Waals surface area contributed by atoms with Gasteiger partial charge in [0.15, 0.2) is 0 Å². The Kier molecular flexibility index (Phi) is 6.97. The minimum atomic E-state index is -1.40. The molecule has 0 radical (unpaired) electrons. The lowest BCUT2D eigenvalue weighted by Crippen LogP contribution is -2.29. The van der Waals surface area contributed by atoms with E-state index in [2.05, 4.69) is 6.92 Å². The van der Waals surface area contributed by atoms with Crippen LogP contribution in [0.4, 0.5) is 0 Å². The van der Waals surface area contributed by atoms with Crippen molar-refractivity contribution in [1.82, 2.24) is 0 Å². The Labute approximate surface area is 172 Å². The standard InChI is InChI=1S/C24H26O2S2/c1-4-23(20-8-6-5-7-9-20)24(27(25)21-14-10-18(2)11-15-21)28(26)22-16-12-19(3)13-17-22/h5-17,23-24H,4H2,1-3H3/t23-,24?,27?,28?/m0/s1. The molecule has 0 saturated heterocycles. The normalized spacial score (nSPS) is 15.5. The highest BCUT2D eigenvalue weighted by Crippen LogP contribution is 2.34. The predicted octanol–water partition coefficient (Wildman–Crippen LogP) is 5.74. The molecule has 4 heteroatoms. The van der Waals surface area contributed by atoms with Gasteiger partial charge in [-0.05, 0) is 50.1 Å². The highest BCUT2D eigenvalue weighted by Gasteiger charge is 2.34. The molecule has 0 N–H and O–H groups in total. The van der Waals surface area contributed by atoms with Gasteiger partial charge in [-0.2, -0.15) is 0 Å². The molecule has 0 aromatic heterocycles. The maximum atomic E-state index is 13.6. The van der Waals surface area contributed by atoms with Crippen LogP contribution in [0, 0.1) is 13.8 Å². The van der Waals surface area contributed by atoms with Crippen LogP contribution >= 0.6 is 0 Å². The van der Waals surface area contributed by atoms with Gasteiger partial charge in [-0.3, -0.25) is 8.42 Å². The van der Waals surface area contributed by atoms with Gasteiger partial charge in [0.05, 0.1) is 21.6 Å². The van der Waals surface area contributed by atoms with Crippen molar-refractivity contribution in [3.05, 3.63) is 95.6 Å². The highest BCUT2D eigenvalue weighted by molar-refractivity contribution is 8.03. The minimum Gasteiger partial charge on any atom is -0.253 e. The second-order valence-corrected chi connectivity index (χ2v) is 10.5. The quantitative estimate of drug-likeness (QED) is 0.498. The van der Waals surface area contributed by atoms with Crippen LogP contribution in [-0.2, 0) is 21.6 Å². The largest absolute Gasteiger partial charge is 0.253 e. The molecule has 28 heavy (non-hydrogen) atoms. The summed E-state index contributed by atoms with van der Waals surface area (Å²) in [4.78, 5) is 1.45. The zero-order chi connectivity index (χ0) is 20.1. The predicted molar refractivity (Wildman–Crippen MR) is 118 cm³/mol. The summed E-state index contributed by atoms with van der Waals surface area (Å²) >= 11 is 0. The van der Waals surface area contributed by atoms with Gasteiger partial charge in [0, 0.05) is 15.7 Å². The lowest BCUT2D eigenvalue weighted by molar-refractivity contribution is 0.637. The Balaban J connectivity index is 2.06. The van der Waals surface area contributed by atoms with E-state index in [4.69, 9.17) is 0 Å². The molecule has 0 heterocycles. The van der Waals surface area contributed by atoms with Gasteiger partial charge in [0.25, 0.3) is 0 Å². The van der Waals surface area contributed by atoms with E-state index in [9.17, 15) is 8.42 Å². The molecule has 2 unspecified atom stereocenters. The van der Waals surface area contributed by atoms with Crippen molar-refractivity contribution in [2.75, 3.05) is 0 Å². The van der Waals surface area contributed by atoms with Crippen LogP contribution in [0.1, 0.15) is 36.0 Å². The molecule has 0 spiro atoms. The summed E-state index contributed by atoms with van der Waals surface area (Å²) in [6.07, 6.45) is 0.768. The summed E-state index contributed by atoms with van der Waals surface area (Å²) in [6.45, 7) is 6.09. The Morgan fingerprint density at radius 3 is 1.50 bits per heavy atom. The fourth-order valence-corrected chi connectivity index (χ4v) is 7.22. The fourth-order valence-electron chi connectivity index (χ4n) is 3.28. The third kappa shape index (κ3) is 4.68. The summed E-state index contributed by atoms with van der Waals surface area (Å²) in [5.41, 5.74) is 3.31. The second-order valence-electron chi connectivity index (χ2n) is 7.01. The molecule has 0 aliphatic heterocycles. The summed E-state index contributed by atoms with van der Waals surface area (Å²) < 4.78 is 26.7. The molecule has 146 valence electrons. The zero-order valence-corrected chi connectivity index (χ0v) is 18.1. The van der Waals surface area contributed by atoms with Crippen molar-refractivity contribution < 1.29 is 8.42 Å². The molecule has 0 aliphatic rings. The van der Waals surface area contributed by atoms with Gasteiger partial charge < -0.3 is 0 Å². The van der Waals surface area contributed by atoms with Crippen LogP contribution in [0.15, 0.2) is 88.7 Å². The van der Waals surface area contributed by atoms with Crippen molar-refractivity contribution >= 4 is 21.6 Å². The topological polar surface area (TPSA) is 34.1 Å². The van der Waals surface area contributed by atoms with Crippen LogP contribution in [0.5, 0.6) is 0 Å². The maximum Gasteiger partial charge on any atom is 0.126 e. The van der Waals surface area contributed by atoms with Gasteiger partial charge >= 0.3 is 0 Å². The molecule has 3 atom stereocenters. The van der Waals surface area contributed by atoms with Crippen LogP contribution in [0.2, 0.25) is 0 Å². The van der Waals surface area contributed by atoms with Crippen LogP contribution in [0.3, 0.4) is 0 Å². The number of hydrogen-bond acceptors (Lipinski definition) is 2. The number of benzene rings is 3. The van der Waals surface area contributed by atoms with E-state index in [0.29, 0.717) is 0 Å². The van der Waals surface area contributed by atoms with E-state index in [0.717, 1.165) is 32.9 Å². The third-order valence-corrected chi connectivity index (χ3v) is 8.95. The van der Waals surface area contributed by atoms with E-state index in [1.54, 1.807) is 0 Å². The summed E-state index contributed by atoms with van der Waals surface area (Å²) in [5, 5.41) is 0. The van der Waals surface area contributed by atoms with Gasteiger partial charge in [0.1, 0.15) is 4.58 Å². The first-order chi connectivity index (χ1) is 13.5. The Morgan fingerprint density at radius 2 is 1.11 bits per heavy atom. The van der Waals surface area contributed by atoms with E-state index >= 15 is 0 Å². The molecule has 0 saturated carbocycles. The lowest BCUT2D eigenvalue weighted by Gasteiger charge is -2.26. The van der Waals surface area contributed by atoms with E-state index in [-0.39, 0.29) is 5.92 Å². The van der Waals surface area contributed by atoms with Gasteiger partial charge in [-0.15, -0.1) is 0 Å². The number of rotatable bonds is 7. The number of aryl methyl sites for hydroxylation is 2. The molecule has 3 aromatic rings. The monoisotopic (exact) mass is 410 g/mol. The SMILES string of the molecule is CC[C@@H](c1ccccc1)C(S(=O)c1ccc(C)cc1)S(=O)c1ccc(C)cc1. The summed E-state index contributed by atoms with van der Waals surface area (Å²) in [7, 11) is -2.79. The van der Waals surface area contributed by atoms with Gasteiger partial charge in [0.2, 0.25) is 0 Å². The van der Waals surface area contributed by atoms with Crippen molar-refractivity contribution in [2.45, 2.75) is 47.5 Å². The molecule has 3 rings (SSSR count). The fraction of sp³-hybridized carbons (Fsp3) is 0.250. The molecule has 0 fully saturated rings. The van der Waals surface area contributed by atoms with E-state index in [1.807, 2.05) is 92.7 Å². The highest BCUT2D eigenvalue weighted by atomic mass is 32.2. The molecule has 0 amide bonds. The Morgan fingerprint density at radius 1 is 0.679 bits per heavy atom. The van der Waals surface area contributed by atoms with Gasteiger partial charge in [-0.25, -0.2) is 0 Å². The van der Waals surface area contributed by atoms with Crippen LogP contribution in [-0.4, -0.2) is 13.0 Å². The van der Waals surface area contributed by atoms with Crippen molar-refractivity contribution in [2.24, 2.45) is 0 Å². The van der Waals surface area contributed by atoms with Crippen molar-refractivity contribution in [3.63, 3.8) is 0 Å². The first-order valence-electron chi connectivity index (χ1n) is 9.50. The third-order valence-electron chi connectivity index (χ3n) is 4.92. The molecule has 0 bridgehead atoms. The van der Waals surface area contributed by atoms with E-state index < -0.39 is 26.2 Å². The van der Waals surface area contributed by atoms with Crippen molar-refractivity contribution in [1.29, 1.82) is 0 Å². The summed E-state index contributed by atoms with van der Waals surface area (Å²) in [6, 6.07) is 25.4. The minimum absolute atomic E-state index is 0.0644. The van der Waals surface area contributed by atoms with Crippen molar-refractivity contribution in [3.8, 4) is 0 Å². The molecular formula is C24H26O2S2. The lowest BCUT2D eigenvalue weighted by atomic mass is 9.98. The molecule has 0 aliphatic carbocycles. The Bertz CT molecular complexity index is 891. The Hall–Kier alpha value is -2.04. The van der Waals surface area contributed by atoms with Gasteiger partial charge in [-0.1, -0.05) is 72.6 Å². The maximum absolute atomic E-state index is 13.6.